The highest BCUT2D eigenvalue weighted by Crippen LogP contribution is 2.37. The molecular formula is C20H23N3O4S2. The molecule has 0 spiro atoms. The molecule has 7 nitrogen and oxygen atoms in total. The molecule has 1 aromatic rings. The first-order valence-corrected chi connectivity index (χ1v) is 11.1. The highest BCUT2D eigenvalue weighted by Gasteiger charge is 2.36. The van der Waals surface area contributed by atoms with Gasteiger partial charge >= 0.3 is 5.97 Å². The van der Waals surface area contributed by atoms with Crippen molar-refractivity contribution in [2.75, 3.05) is 19.6 Å². The van der Waals surface area contributed by atoms with E-state index in [2.05, 4.69) is 4.90 Å². The molecule has 0 radical (unpaired) electrons. The third kappa shape index (κ3) is 4.25. The lowest BCUT2D eigenvalue weighted by atomic mass is 9.83. The molecule has 3 aliphatic rings. The minimum absolute atomic E-state index is 0.0643. The Kier molecular flexibility index (Phi) is 5.78. The molecule has 4 rings (SSSR count). The zero-order chi connectivity index (χ0) is 20.5. The summed E-state index contributed by atoms with van der Waals surface area (Å²) in [5.41, 5.74) is 1.15. The minimum atomic E-state index is -0.824. The number of carboxylic acids is 1. The maximum atomic E-state index is 12.8. The van der Waals surface area contributed by atoms with Crippen LogP contribution in [0, 0.1) is 5.92 Å². The van der Waals surface area contributed by atoms with Crippen molar-refractivity contribution in [3.05, 3.63) is 45.4 Å². The van der Waals surface area contributed by atoms with Crippen molar-refractivity contribution in [3.8, 4) is 0 Å². The highest BCUT2D eigenvalue weighted by atomic mass is 32.2. The number of aromatic nitrogens is 1. The van der Waals surface area contributed by atoms with E-state index in [1.165, 1.54) is 11.8 Å². The fourth-order valence-corrected chi connectivity index (χ4v) is 5.75. The second kappa shape index (κ2) is 8.31. The van der Waals surface area contributed by atoms with Crippen molar-refractivity contribution < 1.29 is 14.7 Å². The maximum absolute atomic E-state index is 12.8. The molecule has 2 fully saturated rings. The summed E-state index contributed by atoms with van der Waals surface area (Å²) < 4.78 is 2.43. The third-order valence-electron chi connectivity index (χ3n) is 5.70. The number of carbonyl (C=O) groups excluding carboxylic acids is 1. The number of carbonyl (C=O) groups is 2. The van der Waals surface area contributed by atoms with Crippen molar-refractivity contribution in [2.24, 2.45) is 5.92 Å². The zero-order valence-electron chi connectivity index (χ0n) is 16.0. The summed E-state index contributed by atoms with van der Waals surface area (Å²) in [5.74, 6) is -0.245. The molecule has 9 heteroatoms. The van der Waals surface area contributed by atoms with Crippen molar-refractivity contribution in [1.29, 1.82) is 0 Å². The van der Waals surface area contributed by atoms with Gasteiger partial charge in [0.2, 0.25) is 0 Å². The topological polar surface area (TPSA) is 82.8 Å². The van der Waals surface area contributed by atoms with Crippen LogP contribution in [0.3, 0.4) is 0 Å². The van der Waals surface area contributed by atoms with Crippen LogP contribution in [0.4, 0.5) is 0 Å². The molecule has 154 valence electrons. The minimum Gasteiger partial charge on any atom is -0.481 e. The number of hydrogen-bond donors (Lipinski definition) is 1. The highest BCUT2D eigenvalue weighted by molar-refractivity contribution is 8.26. The summed E-state index contributed by atoms with van der Waals surface area (Å²) in [6.45, 7) is 2.78. The Morgan fingerprint density at radius 2 is 2.07 bits per heavy atom. The van der Waals surface area contributed by atoms with Crippen molar-refractivity contribution in [1.82, 2.24) is 14.4 Å². The lowest BCUT2D eigenvalue weighted by Gasteiger charge is -2.42. The Labute approximate surface area is 178 Å². The summed E-state index contributed by atoms with van der Waals surface area (Å²) in [7, 11) is 0. The van der Waals surface area contributed by atoms with Crippen LogP contribution in [-0.2, 0) is 16.1 Å². The lowest BCUT2D eigenvalue weighted by molar-refractivity contribution is -0.137. The van der Waals surface area contributed by atoms with E-state index in [1.54, 1.807) is 11.0 Å². The fourth-order valence-electron chi connectivity index (χ4n) is 4.43. The van der Waals surface area contributed by atoms with Gasteiger partial charge in [-0.2, -0.15) is 0 Å². The van der Waals surface area contributed by atoms with Crippen LogP contribution in [0.5, 0.6) is 0 Å². The van der Waals surface area contributed by atoms with Crippen LogP contribution < -0.4 is 5.56 Å². The molecule has 29 heavy (non-hydrogen) atoms. The number of nitrogens with zero attached hydrogens (tertiary/aromatic N) is 3. The average Bonchev–Trinajstić information content (AvgIpc) is 2.93. The smallest absolute Gasteiger partial charge is 0.303 e. The molecular weight excluding hydrogens is 410 g/mol. The third-order valence-corrected chi connectivity index (χ3v) is 7.07. The molecule has 2 bridgehead atoms. The van der Waals surface area contributed by atoms with E-state index in [9.17, 15) is 14.4 Å². The number of thiocarbonyl (C=S) groups is 1. The molecule has 2 saturated heterocycles. The summed E-state index contributed by atoms with van der Waals surface area (Å²) in [4.78, 5) is 39.9. The number of piperidine rings is 1. The monoisotopic (exact) mass is 433 g/mol. The van der Waals surface area contributed by atoms with E-state index in [-0.39, 0.29) is 23.8 Å². The molecule has 0 aliphatic carbocycles. The van der Waals surface area contributed by atoms with Crippen LogP contribution in [0.2, 0.25) is 0 Å². The lowest BCUT2D eigenvalue weighted by Crippen LogP contribution is -2.45. The second-order valence-electron chi connectivity index (χ2n) is 7.82. The zero-order valence-corrected chi connectivity index (χ0v) is 17.6. The summed E-state index contributed by atoms with van der Waals surface area (Å²) in [6, 6.07) is 5.47. The summed E-state index contributed by atoms with van der Waals surface area (Å²) in [5, 5.41) is 8.73. The number of carboxylic acid groups (broad SMARTS) is 1. The quantitative estimate of drug-likeness (QED) is 0.418. The normalized spacial score (nSPS) is 24.9. The van der Waals surface area contributed by atoms with Gasteiger partial charge in [-0.25, -0.2) is 0 Å². The maximum Gasteiger partial charge on any atom is 0.303 e. The Hall–Kier alpha value is -2.13. The number of aliphatic carboxylic acids is 1. The Morgan fingerprint density at radius 3 is 2.86 bits per heavy atom. The number of unbranched alkanes of at least 4 members (excludes halogenated alkanes) is 1. The van der Waals surface area contributed by atoms with Crippen molar-refractivity contribution >= 4 is 40.2 Å². The van der Waals surface area contributed by atoms with E-state index in [0.29, 0.717) is 34.5 Å². The largest absolute Gasteiger partial charge is 0.481 e. The van der Waals surface area contributed by atoms with Gasteiger partial charge in [0.15, 0.2) is 0 Å². The fraction of sp³-hybridized carbons (Fsp3) is 0.500. The van der Waals surface area contributed by atoms with Gasteiger partial charge in [-0.05, 0) is 31.2 Å². The van der Waals surface area contributed by atoms with Crippen LogP contribution in [0.15, 0.2) is 34.1 Å². The number of rotatable bonds is 6. The van der Waals surface area contributed by atoms with E-state index in [0.717, 1.165) is 31.7 Å². The number of amides is 1. The van der Waals surface area contributed by atoms with Gasteiger partial charge in [0.1, 0.15) is 4.32 Å². The molecule has 1 N–H and O–H groups in total. The van der Waals surface area contributed by atoms with Crippen LogP contribution in [0.1, 0.15) is 37.3 Å². The molecule has 0 unspecified atom stereocenters. The van der Waals surface area contributed by atoms with E-state index in [1.807, 2.05) is 22.9 Å². The van der Waals surface area contributed by atoms with E-state index >= 15 is 0 Å². The number of fused-ring (bicyclic) bond motifs is 4. The first-order chi connectivity index (χ1) is 13.9. The van der Waals surface area contributed by atoms with Crippen molar-refractivity contribution in [3.63, 3.8) is 0 Å². The van der Waals surface area contributed by atoms with Crippen LogP contribution >= 0.6 is 24.0 Å². The number of thioether (sulfide) groups is 1. The standard InChI is InChI=1S/C20H23N3O4S2/c24-17-5-3-4-15-14-8-13(10-23(15)17)9-21(11-14)12-16-19(27)22(20(28)29-16)7-2-1-6-18(25)26/h3-5,12-14H,1-2,6-11H2,(H,25,26)/b16-12-/t13-,14+/m1/s1. The van der Waals surface area contributed by atoms with Gasteiger partial charge in [0.25, 0.3) is 11.5 Å². The second-order valence-corrected chi connectivity index (χ2v) is 9.50. The molecule has 1 amide bonds. The van der Waals surface area contributed by atoms with Gasteiger partial charge in [0, 0.05) is 56.5 Å². The molecule has 0 aromatic carbocycles. The van der Waals surface area contributed by atoms with Crippen molar-refractivity contribution in [2.45, 2.75) is 38.1 Å². The Balaban J connectivity index is 1.43. The van der Waals surface area contributed by atoms with Crippen LogP contribution in [-0.4, -0.2) is 55.3 Å². The van der Waals surface area contributed by atoms with Gasteiger partial charge in [0.05, 0.1) is 4.91 Å². The first-order valence-electron chi connectivity index (χ1n) is 9.83. The predicted molar refractivity (Wildman–Crippen MR) is 115 cm³/mol. The first kappa shape index (κ1) is 20.2. The van der Waals surface area contributed by atoms with Gasteiger partial charge in [-0.1, -0.05) is 30.0 Å². The Bertz CT molecular complexity index is 942. The Morgan fingerprint density at radius 1 is 1.24 bits per heavy atom. The summed E-state index contributed by atoms with van der Waals surface area (Å²) >= 11 is 6.68. The average molecular weight is 434 g/mol. The predicted octanol–water partition coefficient (Wildman–Crippen LogP) is 2.22. The molecule has 3 aliphatic heterocycles. The number of hydrogen-bond acceptors (Lipinski definition) is 6. The van der Waals surface area contributed by atoms with Gasteiger partial charge in [-0.3, -0.25) is 19.3 Å². The molecule has 2 atom stereocenters. The molecule has 1 aromatic heterocycles. The molecule has 4 heterocycles. The van der Waals surface area contributed by atoms with Gasteiger partial charge in [-0.15, -0.1) is 0 Å². The number of pyridine rings is 1. The van der Waals surface area contributed by atoms with E-state index in [4.69, 9.17) is 17.3 Å². The SMILES string of the molecule is O=C(O)CCCCN1C(=O)/C(=C/N2C[C@H]3C[C@@H](C2)c2cccc(=O)n2C3)SC1=S. The number of likely N-dealkylation sites (tertiary alicyclic amines) is 1. The van der Waals surface area contributed by atoms with Gasteiger partial charge < -0.3 is 14.6 Å². The summed E-state index contributed by atoms with van der Waals surface area (Å²) in [6.07, 6.45) is 4.24. The molecule has 0 saturated carbocycles. The van der Waals surface area contributed by atoms with Crippen LogP contribution in [0.25, 0.3) is 0 Å². The van der Waals surface area contributed by atoms with E-state index < -0.39 is 5.97 Å².